The van der Waals surface area contributed by atoms with E-state index in [4.69, 9.17) is 0 Å². The number of benzene rings is 1. The van der Waals surface area contributed by atoms with Crippen LogP contribution in [-0.4, -0.2) is 37.5 Å². The molecule has 0 fully saturated rings. The molecule has 0 heterocycles. The van der Waals surface area contributed by atoms with E-state index in [1.807, 2.05) is 0 Å². The normalized spacial score (nSPS) is 15.1. The van der Waals surface area contributed by atoms with Crippen molar-refractivity contribution in [2.75, 3.05) is 37.5 Å². The summed E-state index contributed by atoms with van der Waals surface area (Å²) < 4.78 is 0. The number of hydrogen-bond donors (Lipinski definition) is 0. The third-order valence-electron chi connectivity index (χ3n) is 3.93. The molecular formula is C18H30S3. The summed E-state index contributed by atoms with van der Waals surface area (Å²) in [5.74, 6) is 0. The molecule has 0 saturated heterocycles. The van der Waals surface area contributed by atoms with Crippen molar-refractivity contribution in [1.29, 1.82) is 0 Å². The van der Waals surface area contributed by atoms with Gasteiger partial charge in [0.15, 0.2) is 0 Å². The lowest BCUT2D eigenvalue weighted by Gasteiger charge is -2.36. The van der Waals surface area contributed by atoms with Crippen LogP contribution >= 0.6 is 30.1 Å². The van der Waals surface area contributed by atoms with Gasteiger partial charge in [-0.2, -0.15) is 0 Å². The number of rotatable bonds is 6. The van der Waals surface area contributed by atoms with Crippen LogP contribution in [0.15, 0.2) is 68.8 Å². The lowest BCUT2D eigenvalue weighted by Crippen LogP contribution is -2.01. The summed E-state index contributed by atoms with van der Waals surface area (Å²) in [4.78, 5) is 4.24. The Morgan fingerprint density at radius 2 is 0.762 bits per heavy atom. The molecule has 3 heteroatoms. The van der Waals surface area contributed by atoms with E-state index in [1.165, 1.54) is 14.7 Å². The van der Waals surface area contributed by atoms with Gasteiger partial charge in [0.25, 0.3) is 0 Å². The molecule has 21 heavy (non-hydrogen) atoms. The molecule has 0 amide bonds. The third kappa shape index (κ3) is 4.02. The van der Waals surface area contributed by atoms with Crippen molar-refractivity contribution in [2.24, 2.45) is 0 Å². The molecule has 0 radical (unpaired) electrons. The van der Waals surface area contributed by atoms with Gasteiger partial charge in [-0.1, -0.05) is 36.0 Å². The standard InChI is InChI=1S/C18H30S3/c1-10-19(4,5)16-13-17(20(6,7)11-2)15-18(14-16)21(8,9)12-3/h10-15H,1-3H2,4-9H3. The average Bonchev–Trinajstić information content (AvgIpc) is 2.46. The van der Waals surface area contributed by atoms with Crippen LogP contribution in [0.1, 0.15) is 0 Å². The summed E-state index contributed by atoms with van der Waals surface area (Å²) in [7, 11) is -2.87. The van der Waals surface area contributed by atoms with Crippen LogP contribution in [0, 0.1) is 0 Å². The fourth-order valence-corrected chi connectivity index (χ4v) is 5.13. The van der Waals surface area contributed by atoms with E-state index in [-0.39, 0.29) is 0 Å². The molecule has 1 aromatic carbocycles. The Labute approximate surface area is 136 Å². The Hall–Kier alpha value is -0.510. The summed E-state index contributed by atoms with van der Waals surface area (Å²) >= 11 is 0. The molecule has 0 aromatic heterocycles. The van der Waals surface area contributed by atoms with Gasteiger partial charge in [0.05, 0.1) is 0 Å². The zero-order valence-electron chi connectivity index (χ0n) is 14.3. The molecule has 0 spiro atoms. The van der Waals surface area contributed by atoms with Crippen LogP contribution in [0.3, 0.4) is 0 Å². The zero-order valence-corrected chi connectivity index (χ0v) is 16.8. The molecule has 0 unspecified atom stereocenters. The van der Waals surface area contributed by atoms with Gasteiger partial charge in [0.1, 0.15) is 0 Å². The van der Waals surface area contributed by atoms with Crippen molar-refractivity contribution in [1.82, 2.24) is 0 Å². The summed E-state index contributed by atoms with van der Waals surface area (Å²) in [5, 5.41) is 6.34. The van der Waals surface area contributed by atoms with Gasteiger partial charge in [0.2, 0.25) is 0 Å². The Kier molecular flexibility index (Phi) is 5.57. The fraction of sp³-hybridized carbons (Fsp3) is 0.333. The van der Waals surface area contributed by atoms with Crippen LogP contribution in [0.5, 0.6) is 0 Å². The van der Waals surface area contributed by atoms with E-state index in [0.29, 0.717) is 0 Å². The summed E-state index contributed by atoms with van der Waals surface area (Å²) in [5.41, 5.74) is 0. The summed E-state index contributed by atoms with van der Waals surface area (Å²) in [6.45, 7) is 12.1. The minimum Gasteiger partial charge on any atom is -0.201 e. The molecular weight excluding hydrogens is 312 g/mol. The van der Waals surface area contributed by atoms with Gasteiger partial charge in [0, 0.05) is 0 Å². The summed E-state index contributed by atoms with van der Waals surface area (Å²) in [6.07, 6.45) is 13.8. The maximum absolute atomic E-state index is 4.04. The molecule has 0 N–H and O–H groups in total. The molecule has 0 bridgehead atoms. The predicted molar refractivity (Wildman–Crippen MR) is 110 cm³/mol. The van der Waals surface area contributed by atoms with Crippen molar-refractivity contribution in [3.8, 4) is 0 Å². The van der Waals surface area contributed by atoms with E-state index in [2.05, 4.69) is 91.7 Å². The van der Waals surface area contributed by atoms with Crippen molar-refractivity contribution < 1.29 is 0 Å². The first-order valence-corrected chi connectivity index (χ1v) is 14.3. The van der Waals surface area contributed by atoms with Crippen molar-refractivity contribution in [3.05, 3.63) is 54.2 Å². The molecule has 1 aromatic rings. The fourth-order valence-electron chi connectivity index (χ4n) is 1.75. The van der Waals surface area contributed by atoms with Crippen molar-refractivity contribution in [2.45, 2.75) is 14.7 Å². The molecule has 1 rings (SSSR count). The quantitative estimate of drug-likeness (QED) is 0.562. The largest absolute Gasteiger partial charge is 0.201 e. The summed E-state index contributed by atoms with van der Waals surface area (Å²) in [6, 6.07) is 7.11. The third-order valence-corrected chi connectivity index (χ3v) is 10.8. The first kappa shape index (κ1) is 18.5. The molecule has 0 aliphatic heterocycles. The number of hydrogen-bond acceptors (Lipinski definition) is 0. The van der Waals surface area contributed by atoms with Crippen molar-refractivity contribution in [3.63, 3.8) is 0 Å². The van der Waals surface area contributed by atoms with E-state index in [9.17, 15) is 0 Å². The lowest BCUT2D eigenvalue weighted by molar-refractivity contribution is 1.21. The van der Waals surface area contributed by atoms with Gasteiger partial charge in [-0.25, -0.2) is 30.1 Å². The highest BCUT2D eigenvalue weighted by molar-refractivity contribution is 8.36. The Balaban J connectivity index is 3.66. The smallest absolute Gasteiger partial charge is 0.00478 e. The van der Waals surface area contributed by atoms with Crippen LogP contribution in [-0.2, 0) is 0 Å². The van der Waals surface area contributed by atoms with Crippen molar-refractivity contribution >= 4 is 30.1 Å². The highest BCUT2D eigenvalue weighted by Crippen LogP contribution is 2.60. The Morgan fingerprint density at radius 1 is 0.571 bits per heavy atom. The highest BCUT2D eigenvalue weighted by atomic mass is 32.3. The van der Waals surface area contributed by atoms with E-state index < -0.39 is 30.1 Å². The second-order valence-corrected chi connectivity index (χ2v) is 17.2. The van der Waals surface area contributed by atoms with E-state index in [1.54, 1.807) is 0 Å². The monoisotopic (exact) mass is 342 g/mol. The van der Waals surface area contributed by atoms with Crippen LogP contribution < -0.4 is 0 Å². The minimum atomic E-state index is -0.958. The first-order chi connectivity index (χ1) is 9.50. The highest BCUT2D eigenvalue weighted by Gasteiger charge is 2.21. The molecule has 0 aliphatic carbocycles. The second-order valence-electron chi connectivity index (χ2n) is 6.36. The minimum absolute atomic E-state index is 0.958. The topological polar surface area (TPSA) is 0 Å². The van der Waals surface area contributed by atoms with Gasteiger partial charge in [-0.15, -0.1) is 0 Å². The maximum Gasteiger partial charge on any atom is -0.00478 e. The lowest BCUT2D eigenvalue weighted by atomic mass is 10.4. The van der Waals surface area contributed by atoms with E-state index in [0.717, 1.165) is 0 Å². The van der Waals surface area contributed by atoms with Crippen LogP contribution in [0.25, 0.3) is 0 Å². The van der Waals surface area contributed by atoms with Crippen LogP contribution in [0.4, 0.5) is 0 Å². The van der Waals surface area contributed by atoms with Gasteiger partial charge in [-0.3, -0.25) is 0 Å². The first-order valence-electron chi connectivity index (χ1n) is 6.73. The second kappa shape index (κ2) is 6.31. The Bertz CT molecular complexity index is 473. The zero-order chi connectivity index (χ0) is 16.5. The van der Waals surface area contributed by atoms with Gasteiger partial charge in [-0.05, 0) is 70.4 Å². The molecule has 0 atom stereocenters. The SMILES string of the molecule is C=CS(C)(C)c1cc(S(C)(C)C=C)cc(S(C)(C)C=C)c1. The van der Waals surface area contributed by atoms with Gasteiger partial charge < -0.3 is 0 Å². The molecule has 0 aliphatic rings. The maximum atomic E-state index is 4.04. The predicted octanol–water partition coefficient (Wildman–Crippen LogP) is 6.39. The molecule has 120 valence electrons. The molecule has 0 saturated carbocycles. The van der Waals surface area contributed by atoms with E-state index >= 15 is 0 Å². The average molecular weight is 343 g/mol. The molecule has 0 nitrogen and oxygen atoms in total. The van der Waals surface area contributed by atoms with Gasteiger partial charge >= 0.3 is 0 Å². The van der Waals surface area contributed by atoms with Crippen LogP contribution in [0.2, 0.25) is 0 Å². The Morgan fingerprint density at radius 3 is 0.905 bits per heavy atom.